The van der Waals surface area contributed by atoms with E-state index in [2.05, 4.69) is 0 Å². The quantitative estimate of drug-likeness (QED) is 0.626. The minimum Gasteiger partial charge on any atom is -0.274 e. The maximum absolute atomic E-state index is 12.4. The van der Waals surface area contributed by atoms with Crippen LogP contribution in [0, 0.1) is 17.0 Å². The second-order valence-corrected chi connectivity index (χ2v) is 6.64. The summed E-state index contributed by atoms with van der Waals surface area (Å²) in [6.45, 7) is 1.57. The molecule has 9 heteroatoms. The summed E-state index contributed by atoms with van der Waals surface area (Å²) in [6, 6.07) is 2.12. The number of rotatable bonds is 3. The molecule has 0 N–H and O–H groups in total. The van der Waals surface area contributed by atoms with Crippen LogP contribution >= 0.6 is 11.6 Å². The second kappa shape index (κ2) is 5.02. The van der Waals surface area contributed by atoms with Crippen molar-refractivity contribution in [3.63, 3.8) is 0 Å². The highest BCUT2D eigenvalue weighted by molar-refractivity contribution is 7.89. The van der Waals surface area contributed by atoms with Crippen molar-refractivity contribution < 1.29 is 18.1 Å². The Bertz CT molecular complexity index is 701. The predicted molar refractivity (Wildman–Crippen MR) is 71.0 cm³/mol. The standard InChI is InChI=1S/C11H11ClN2O5S/c1-7-5-8(12)9(14(16)17)6-10(7)20(18,19)13-4-2-3-11(13)15/h5-6H,2-4H2,1H3. The van der Waals surface area contributed by atoms with Crippen molar-refractivity contribution in [1.29, 1.82) is 0 Å². The highest BCUT2D eigenvalue weighted by Crippen LogP contribution is 2.32. The summed E-state index contributed by atoms with van der Waals surface area (Å²) in [5.74, 6) is -0.498. The number of aryl methyl sites for hydroxylation is 1. The van der Waals surface area contributed by atoms with Gasteiger partial charge in [-0.3, -0.25) is 14.9 Å². The number of carbonyl (C=O) groups excluding carboxylic acids is 1. The summed E-state index contributed by atoms with van der Waals surface area (Å²) in [5.41, 5.74) is -0.234. The van der Waals surface area contributed by atoms with Crippen LogP contribution in [0.1, 0.15) is 18.4 Å². The maximum atomic E-state index is 12.4. The molecule has 1 aromatic carbocycles. The average molecular weight is 319 g/mol. The molecule has 1 saturated heterocycles. The largest absolute Gasteiger partial charge is 0.289 e. The first kappa shape index (κ1) is 14.7. The summed E-state index contributed by atoms with van der Waals surface area (Å²) < 4.78 is 25.5. The number of benzene rings is 1. The zero-order valence-electron chi connectivity index (χ0n) is 10.5. The molecule has 0 aliphatic carbocycles. The number of amides is 1. The molecule has 0 saturated carbocycles. The summed E-state index contributed by atoms with van der Waals surface area (Å²) in [4.78, 5) is 21.4. The minimum atomic E-state index is -4.07. The van der Waals surface area contributed by atoms with Crippen molar-refractivity contribution in [3.8, 4) is 0 Å². The molecule has 1 aromatic rings. The Hall–Kier alpha value is -1.67. The molecule has 20 heavy (non-hydrogen) atoms. The Labute approximate surface area is 120 Å². The van der Waals surface area contributed by atoms with Gasteiger partial charge in [-0.1, -0.05) is 11.6 Å². The molecule has 108 valence electrons. The number of nitro benzene ring substituents is 1. The van der Waals surface area contributed by atoms with E-state index in [0.29, 0.717) is 6.42 Å². The molecule has 0 atom stereocenters. The zero-order valence-corrected chi connectivity index (χ0v) is 12.1. The van der Waals surface area contributed by atoms with E-state index in [0.717, 1.165) is 10.4 Å². The monoisotopic (exact) mass is 318 g/mol. The third-order valence-corrected chi connectivity index (χ3v) is 5.30. The van der Waals surface area contributed by atoms with Crippen LogP contribution in [0.15, 0.2) is 17.0 Å². The van der Waals surface area contributed by atoms with E-state index < -0.39 is 26.5 Å². The molecule has 0 aromatic heterocycles. The fourth-order valence-corrected chi connectivity index (χ4v) is 4.04. The molecule has 0 spiro atoms. The molecular formula is C11H11ClN2O5S. The topological polar surface area (TPSA) is 97.6 Å². The van der Waals surface area contributed by atoms with Crippen LogP contribution in [-0.4, -0.2) is 30.1 Å². The number of carbonyl (C=O) groups is 1. The van der Waals surface area contributed by atoms with Gasteiger partial charge in [0.25, 0.3) is 15.7 Å². The third-order valence-electron chi connectivity index (χ3n) is 3.04. The average Bonchev–Trinajstić information content (AvgIpc) is 2.75. The van der Waals surface area contributed by atoms with Gasteiger partial charge >= 0.3 is 0 Å². The van der Waals surface area contributed by atoms with E-state index in [4.69, 9.17) is 11.6 Å². The molecule has 1 heterocycles. The van der Waals surface area contributed by atoms with Crippen molar-refractivity contribution in [2.75, 3.05) is 6.54 Å². The van der Waals surface area contributed by atoms with Gasteiger partial charge in [-0.25, -0.2) is 12.7 Å². The van der Waals surface area contributed by atoms with Crippen LogP contribution in [0.3, 0.4) is 0 Å². The maximum Gasteiger partial charge on any atom is 0.289 e. The normalized spacial score (nSPS) is 15.7. The molecule has 7 nitrogen and oxygen atoms in total. The number of hydrogen-bond acceptors (Lipinski definition) is 5. The number of nitrogens with zero attached hydrogens (tertiary/aromatic N) is 2. The fourth-order valence-electron chi connectivity index (χ4n) is 2.06. The Morgan fingerprint density at radius 2 is 2.05 bits per heavy atom. The van der Waals surface area contributed by atoms with Crippen LogP contribution in [-0.2, 0) is 14.8 Å². The van der Waals surface area contributed by atoms with E-state index in [-0.39, 0.29) is 28.4 Å². The van der Waals surface area contributed by atoms with Gasteiger partial charge in [0.1, 0.15) is 5.02 Å². The lowest BCUT2D eigenvalue weighted by Gasteiger charge is -2.17. The number of sulfonamides is 1. The Morgan fingerprint density at radius 3 is 2.55 bits per heavy atom. The van der Waals surface area contributed by atoms with E-state index in [1.165, 1.54) is 13.0 Å². The summed E-state index contributed by atoms with van der Waals surface area (Å²) in [6.07, 6.45) is 0.612. The molecule has 1 aliphatic heterocycles. The number of hydrogen-bond donors (Lipinski definition) is 0. The van der Waals surface area contributed by atoms with Crippen molar-refractivity contribution >= 4 is 33.2 Å². The lowest BCUT2D eigenvalue weighted by Crippen LogP contribution is -2.32. The van der Waals surface area contributed by atoms with E-state index in [9.17, 15) is 23.3 Å². The van der Waals surface area contributed by atoms with Crippen molar-refractivity contribution in [2.45, 2.75) is 24.7 Å². The summed E-state index contributed by atoms with van der Waals surface area (Å²) in [5, 5.41) is 10.7. The van der Waals surface area contributed by atoms with Crippen LogP contribution < -0.4 is 0 Å². The smallest absolute Gasteiger partial charge is 0.274 e. The molecule has 0 bridgehead atoms. The van der Waals surface area contributed by atoms with Gasteiger partial charge in [0.15, 0.2) is 0 Å². The zero-order chi connectivity index (χ0) is 15.1. The highest BCUT2D eigenvalue weighted by atomic mass is 35.5. The van der Waals surface area contributed by atoms with Crippen LogP contribution in [0.25, 0.3) is 0 Å². The fraction of sp³-hybridized carbons (Fsp3) is 0.364. The third kappa shape index (κ3) is 2.36. The molecule has 1 aliphatic rings. The molecule has 0 radical (unpaired) electrons. The Kier molecular flexibility index (Phi) is 3.70. The van der Waals surface area contributed by atoms with Crippen molar-refractivity contribution in [3.05, 3.63) is 32.8 Å². The number of halogens is 1. The van der Waals surface area contributed by atoms with E-state index in [1.807, 2.05) is 0 Å². The second-order valence-electron chi connectivity index (χ2n) is 4.40. The van der Waals surface area contributed by atoms with Gasteiger partial charge < -0.3 is 0 Å². The van der Waals surface area contributed by atoms with Crippen molar-refractivity contribution in [2.24, 2.45) is 0 Å². The molecule has 0 unspecified atom stereocenters. The lowest BCUT2D eigenvalue weighted by molar-refractivity contribution is -0.384. The van der Waals surface area contributed by atoms with Gasteiger partial charge in [-0.2, -0.15) is 0 Å². The first-order valence-corrected chi connectivity index (χ1v) is 7.57. The minimum absolute atomic E-state index is 0.0943. The first-order valence-electron chi connectivity index (χ1n) is 5.75. The lowest BCUT2D eigenvalue weighted by atomic mass is 10.2. The first-order chi connectivity index (χ1) is 9.25. The van der Waals surface area contributed by atoms with Gasteiger partial charge in [0.2, 0.25) is 5.91 Å². The van der Waals surface area contributed by atoms with Crippen LogP contribution in [0.2, 0.25) is 5.02 Å². The van der Waals surface area contributed by atoms with Crippen molar-refractivity contribution in [1.82, 2.24) is 4.31 Å². The molecule has 1 amide bonds. The van der Waals surface area contributed by atoms with E-state index in [1.54, 1.807) is 0 Å². The number of nitro groups is 1. The van der Waals surface area contributed by atoms with E-state index >= 15 is 0 Å². The molecule has 2 rings (SSSR count). The predicted octanol–water partition coefficient (Wildman–Crippen LogP) is 1.87. The van der Waals surface area contributed by atoms with Gasteiger partial charge in [0.05, 0.1) is 9.82 Å². The van der Waals surface area contributed by atoms with Crippen LogP contribution in [0.5, 0.6) is 0 Å². The van der Waals surface area contributed by atoms with Gasteiger partial charge in [-0.05, 0) is 25.0 Å². The summed E-state index contributed by atoms with van der Waals surface area (Å²) in [7, 11) is -4.07. The Morgan fingerprint density at radius 1 is 1.40 bits per heavy atom. The molecular weight excluding hydrogens is 308 g/mol. The highest BCUT2D eigenvalue weighted by Gasteiger charge is 2.35. The SMILES string of the molecule is Cc1cc(Cl)c([N+](=O)[O-])cc1S(=O)(=O)N1CCCC1=O. The summed E-state index contributed by atoms with van der Waals surface area (Å²) >= 11 is 5.72. The Balaban J connectivity index is 2.60. The van der Waals surface area contributed by atoms with Gasteiger partial charge in [0, 0.05) is 19.0 Å². The molecule has 1 fully saturated rings. The van der Waals surface area contributed by atoms with Gasteiger partial charge in [-0.15, -0.1) is 0 Å². The van der Waals surface area contributed by atoms with Crippen LogP contribution in [0.4, 0.5) is 5.69 Å².